The molecule has 1 fully saturated rings. The van der Waals surface area contributed by atoms with Crippen LogP contribution in [0.25, 0.3) is 0 Å². The Morgan fingerprint density at radius 3 is 2.79 bits per heavy atom. The molecule has 1 saturated carbocycles. The molecule has 0 heterocycles. The minimum absolute atomic E-state index is 0.149. The van der Waals surface area contributed by atoms with Gasteiger partial charge in [-0.25, -0.2) is 0 Å². The number of hydrogen-bond acceptors (Lipinski definition) is 2. The van der Waals surface area contributed by atoms with Crippen molar-refractivity contribution in [3.05, 3.63) is 35.4 Å². The van der Waals surface area contributed by atoms with Crippen LogP contribution in [0.3, 0.4) is 0 Å². The first-order chi connectivity index (χ1) is 9.31. The Labute approximate surface area is 116 Å². The van der Waals surface area contributed by atoms with Crippen molar-refractivity contribution in [1.29, 1.82) is 0 Å². The summed E-state index contributed by atoms with van der Waals surface area (Å²) in [6, 6.07) is 8.25. The van der Waals surface area contributed by atoms with Crippen LogP contribution in [0.1, 0.15) is 43.2 Å². The topological polar surface area (TPSA) is 46.2 Å². The maximum Gasteiger partial charge on any atom is 0.0677 e. The molecule has 1 aromatic rings. The zero-order chi connectivity index (χ0) is 13.5. The monoisotopic (exact) mass is 257 g/mol. The number of aryl methyl sites for hydroxylation is 1. The van der Waals surface area contributed by atoms with E-state index in [-0.39, 0.29) is 12.0 Å². The average Bonchev–Trinajstić information content (AvgIpc) is 2.45. The molecule has 2 unspecified atom stereocenters. The van der Waals surface area contributed by atoms with Gasteiger partial charge in [-0.15, -0.1) is 0 Å². The highest BCUT2D eigenvalue weighted by Crippen LogP contribution is 2.23. The molecular weight excluding hydrogens is 234 g/mol. The third kappa shape index (κ3) is 4.09. The lowest BCUT2D eigenvalue weighted by molar-refractivity contribution is 0.0970. The fourth-order valence-corrected chi connectivity index (χ4v) is 2.60. The third-order valence-corrected chi connectivity index (χ3v) is 3.79. The molecule has 0 aromatic heterocycles. The fraction of sp³-hybridized carbons (Fsp3) is 0.529. The molecule has 1 aliphatic carbocycles. The van der Waals surface area contributed by atoms with E-state index in [1.54, 1.807) is 0 Å². The molecule has 0 radical (unpaired) electrons. The van der Waals surface area contributed by atoms with Crippen LogP contribution in [-0.4, -0.2) is 17.8 Å². The van der Waals surface area contributed by atoms with Crippen LogP contribution in [0, 0.1) is 17.8 Å². The van der Waals surface area contributed by atoms with Crippen LogP contribution in [0.4, 0.5) is 0 Å². The maximum absolute atomic E-state index is 9.94. The van der Waals surface area contributed by atoms with E-state index in [2.05, 4.69) is 24.0 Å². The van der Waals surface area contributed by atoms with E-state index in [4.69, 9.17) is 5.73 Å². The first-order valence-electron chi connectivity index (χ1n) is 7.29. The van der Waals surface area contributed by atoms with Crippen LogP contribution in [0.5, 0.6) is 0 Å². The van der Waals surface area contributed by atoms with Gasteiger partial charge in [-0.3, -0.25) is 0 Å². The van der Waals surface area contributed by atoms with E-state index in [1.165, 1.54) is 12.0 Å². The predicted octanol–water partition coefficient (Wildman–Crippen LogP) is 2.48. The second kappa shape index (κ2) is 7.33. The highest BCUT2D eigenvalue weighted by atomic mass is 16.3. The Bertz CT molecular complexity index is 458. The molecule has 0 saturated heterocycles. The van der Waals surface area contributed by atoms with E-state index >= 15 is 0 Å². The van der Waals surface area contributed by atoms with Crippen molar-refractivity contribution >= 4 is 0 Å². The largest absolute Gasteiger partial charge is 0.392 e. The molecule has 0 amide bonds. The molecule has 2 heteroatoms. The van der Waals surface area contributed by atoms with Gasteiger partial charge in [0.05, 0.1) is 6.10 Å². The predicted molar refractivity (Wildman–Crippen MR) is 78.7 cm³/mol. The number of benzene rings is 1. The summed E-state index contributed by atoms with van der Waals surface area (Å²) in [6.45, 7) is 0.711. The summed E-state index contributed by atoms with van der Waals surface area (Å²) in [5, 5.41) is 9.94. The molecular formula is C17H23NO. The Kier molecular flexibility index (Phi) is 5.44. The minimum Gasteiger partial charge on any atom is -0.392 e. The Morgan fingerprint density at radius 1 is 1.21 bits per heavy atom. The Balaban J connectivity index is 2.09. The van der Waals surface area contributed by atoms with Crippen LogP contribution in [0.15, 0.2) is 24.3 Å². The van der Waals surface area contributed by atoms with Gasteiger partial charge in [0.15, 0.2) is 0 Å². The summed E-state index contributed by atoms with van der Waals surface area (Å²) in [6.07, 6.45) is 5.97. The minimum atomic E-state index is -0.238. The highest BCUT2D eigenvalue weighted by molar-refractivity contribution is 5.41. The lowest BCUT2D eigenvalue weighted by atomic mass is 9.87. The number of hydrogen-bond donors (Lipinski definition) is 2. The second-order valence-electron chi connectivity index (χ2n) is 5.28. The average molecular weight is 257 g/mol. The van der Waals surface area contributed by atoms with Gasteiger partial charge in [0, 0.05) is 11.5 Å². The first kappa shape index (κ1) is 14.1. The van der Waals surface area contributed by atoms with E-state index in [9.17, 15) is 5.11 Å². The van der Waals surface area contributed by atoms with E-state index in [0.717, 1.165) is 37.7 Å². The van der Waals surface area contributed by atoms with Gasteiger partial charge in [-0.1, -0.05) is 42.9 Å². The van der Waals surface area contributed by atoms with E-state index < -0.39 is 0 Å². The van der Waals surface area contributed by atoms with Crippen molar-refractivity contribution < 1.29 is 5.11 Å². The van der Waals surface area contributed by atoms with Gasteiger partial charge in [0.1, 0.15) is 0 Å². The molecule has 19 heavy (non-hydrogen) atoms. The SMILES string of the molecule is NCCCc1ccccc1C#CC1CCCCC1O. The summed E-state index contributed by atoms with van der Waals surface area (Å²) in [7, 11) is 0. The molecule has 1 aliphatic rings. The summed E-state index contributed by atoms with van der Waals surface area (Å²) in [4.78, 5) is 0. The number of aliphatic hydroxyl groups is 1. The fourth-order valence-electron chi connectivity index (χ4n) is 2.60. The molecule has 2 atom stereocenters. The summed E-state index contributed by atoms with van der Waals surface area (Å²) < 4.78 is 0. The quantitative estimate of drug-likeness (QED) is 0.817. The Hall–Kier alpha value is -1.30. The smallest absolute Gasteiger partial charge is 0.0677 e. The molecule has 3 N–H and O–H groups in total. The van der Waals surface area contributed by atoms with Crippen molar-refractivity contribution in [3.63, 3.8) is 0 Å². The molecule has 0 spiro atoms. The van der Waals surface area contributed by atoms with Crippen molar-refractivity contribution in [1.82, 2.24) is 0 Å². The number of nitrogens with two attached hydrogens (primary N) is 1. The number of rotatable bonds is 3. The van der Waals surface area contributed by atoms with E-state index in [0.29, 0.717) is 6.54 Å². The third-order valence-electron chi connectivity index (χ3n) is 3.79. The van der Waals surface area contributed by atoms with Gasteiger partial charge >= 0.3 is 0 Å². The van der Waals surface area contributed by atoms with Gasteiger partial charge in [0.2, 0.25) is 0 Å². The van der Waals surface area contributed by atoms with E-state index in [1.807, 2.05) is 12.1 Å². The first-order valence-corrected chi connectivity index (χ1v) is 7.29. The normalized spacial score (nSPS) is 22.6. The van der Waals surface area contributed by atoms with Crippen molar-refractivity contribution in [2.24, 2.45) is 11.7 Å². The zero-order valence-electron chi connectivity index (χ0n) is 11.4. The maximum atomic E-state index is 9.94. The van der Waals surface area contributed by atoms with Crippen molar-refractivity contribution in [3.8, 4) is 11.8 Å². The summed E-state index contributed by atoms with van der Waals surface area (Å²) >= 11 is 0. The van der Waals surface area contributed by atoms with Crippen LogP contribution >= 0.6 is 0 Å². The standard InChI is InChI=1S/C17H23NO/c18-13-5-9-14-6-1-2-7-15(14)11-12-16-8-3-4-10-17(16)19/h1-2,6-7,16-17,19H,3-5,8-10,13,18H2. The zero-order valence-corrected chi connectivity index (χ0v) is 11.4. The van der Waals surface area contributed by atoms with Crippen molar-refractivity contribution in [2.75, 3.05) is 6.54 Å². The van der Waals surface area contributed by atoms with Gasteiger partial charge in [-0.05, 0) is 43.9 Å². The van der Waals surface area contributed by atoms with Gasteiger partial charge in [-0.2, -0.15) is 0 Å². The van der Waals surface area contributed by atoms with Crippen LogP contribution in [-0.2, 0) is 6.42 Å². The van der Waals surface area contributed by atoms with Crippen molar-refractivity contribution in [2.45, 2.75) is 44.6 Å². The lowest BCUT2D eigenvalue weighted by Gasteiger charge is -2.22. The lowest BCUT2D eigenvalue weighted by Crippen LogP contribution is -2.22. The van der Waals surface area contributed by atoms with Crippen LogP contribution in [0.2, 0.25) is 0 Å². The van der Waals surface area contributed by atoms with Crippen LogP contribution < -0.4 is 5.73 Å². The molecule has 2 rings (SSSR count). The molecule has 0 aliphatic heterocycles. The Morgan fingerprint density at radius 2 is 2.00 bits per heavy atom. The number of aliphatic hydroxyl groups excluding tert-OH is 1. The molecule has 102 valence electrons. The second-order valence-corrected chi connectivity index (χ2v) is 5.28. The van der Waals surface area contributed by atoms with Gasteiger partial charge < -0.3 is 10.8 Å². The van der Waals surface area contributed by atoms with Gasteiger partial charge in [0.25, 0.3) is 0 Å². The molecule has 0 bridgehead atoms. The molecule has 2 nitrogen and oxygen atoms in total. The molecule has 1 aromatic carbocycles. The summed E-state index contributed by atoms with van der Waals surface area (Å²) in [5.74, 6) is 6.69. The summed E-state index contributed by atoms with van der Waals surface area (Å²) in [5.41, 5.74) is 7.93. The highest BCUT2D eigenvalue weighted by Gasteiger charge is 2.20.